The predicted molar refractivity (Wildman–Crippen MR) is 55.7 cm³/mol. The van der Waals surface area contributed by atoms with Gasteiger partial charge in [0.15, 0.2) is 0 Å². The molecule has 16 heavy (non-hydrogen) atoms. The average molecular weight is 226 g/mol. The number of phenols is 2. The summed E-state index contributed by atoms with van der Waals surface area (Å²) in [5.74, 6) is 0.248. The van der Waals surface area contributed by atoms with E-state index in [1.807, 2.05) is 6.07 Å². The molecule has 0 aliphatic carbocycles. The Bertz CT molecular complexity index is 387. The summed E-state index contributed by atoms with van der Waals surface area (Å²) in [4.78, 5) is 0. The van der Waals surface area contributed by atoms with Gasteiger partial charge in [-0.15, -0.1) is 5.75 Å². The Kier molecular flexibility index (Phi) is 7.46. The number of para-hydroxylation sites is 1. The zero-order chi connectivity index (χ0) is 11.1. The van der Waals surface area contributed by atoms with Crippen molar-refractivity contribution in [3.8, 4) is 17.2 Å². The SMILES string of the molecule is Oc1cccc(O)c1.[Na+].[O-]c1ccccc1. The molecule has 0 bridgehead atoms. The second-order valence-corrected chi connectivity index (χ2v) is 2.83. The maximum absolute atomic E-state index is 10.3. The van der Waals surface area contributed by atoms with Crippen LogP contribution in [0.2, 0.25) is 0 Å². The van der Waals surface area contributed by atoms with Gasteiger partial charge in [-0.1, -0.05) is 36.4 Å². The van der Waals surface area contributed by atoms with Crippen molar-refractivity contribution < 1.29 is 44.9 Å². The molecule has 0 radical (unpaired) electrons. The standard InChI is InChI=1S/C6H6O2.C6H6O.Na/c7-5-2-1-3-6(8)4-5;7-6-4-2-1-3-5-6;/h1-4,7-8H;1-5,7H;/q;;+1/p-1. The van der Waals surface area contributed by atoms with Gasteiger partial charge in [0.2, 0.25) is 0 Å². The number of phenolic OH excluding ortho intramolecular Hbond substituents is 2. The molecule has 0 saturated carbocycles. The first-order valence-electron chi connectivity index (χ1n) is 4.38. The first-order chi connectivity index (χ1) is 7.18. The molecule has 2 N–H and O–H groups in total. The van der Waals surface area contributed by atoms with E-state index in [4.69, 9.17) is 10.2 Å². The van der Waals surface area contributed by atoms with Crippen molar-refractivity contribution in [1.82, 2.24) is 0 Å². The summed E-state index contributed by atoms with van der Waals surface area (Å²) in [5, 5.41) is 27.6. The van der Waals surface area contributed by atoms with Crippen LogP contribution in [0.3, 0.4) is 0 Å². The van der Waals surface area contributed by atoms with Gasteiger partial charge in [-0.05, 0) is 12.1 Å². The Morgan fingerprint density at radius 2 is 1.25 bits per heavy atom. The van der Waals surface area contributed by atoms with Crippen molar-refractivity contribution in [2.45, 2.75) is 0 Å². The Balaban J connectivity index is 0.000000267. The molecule has 0 aliphatic heterocycles. The quantitative estimate of drug-likeness (QED) is 0.558. The third-order valence-electron chi connectivity index (χ3n) is 1.57. The molecule has 4 heteroatoms. The molecule has 0 saturated heterocycles. The fourth-order valence-electron chi connectivity index (χ4n) is 0.914. The van der Waals surface area contributed by atoms with Crippen LogP contribution < -0.4 is 34.7 Å². The third kappa shape index (κ3) is 6.35. The van der Waals surface area contributed by atoms with Crippen LogP contribution in [0.4, 0.5) is 0 Å². The zero-order valence-corrected chi connectivity index (χ0v) is 11.0. The molecule has 78 valence electrons. The van der Waals surface area contributed by atoms with E-state index in [0.717, 1.165) is 0 Å². The van der Waals surface area contributed by atoms with Crippen LogP contribution in [-0.2, 0) is 0 Å². The second-order valence-electron chi connectivity index (χ2n) is 2.83. The zero-order valence-electron chi connectivity index (χ0n) is 9.00. The monoisotopic (exact) mass is 226 g/mol. The molecule has 0 atom stereocenters. The van der Waals surface area contributed by atoms with Gasteiger partial charge in [-0.25, -0.2) is 0 Å². The second kappa shape index (κ2) is 8.05. The average Bonchev–Trinajstić information content (AvgIpc) is 2.19. The summed E-state index contributed by atoms with van der Waals surface area (Å²) in [5.41, 5.74) is 0. The molecule has 2 aromatic carbocycles. The van der Waals surface area contributed by atoms with Gasteiger partial charge in [-0.2, -0.15) is 0 Å². The van der Waals surface area contributed by atoms with Crippen molar-refractivity contribution in [3.63, 3.8) is 0 Å². The van der Waals surface area contributed by atoms with Crippen molar-refractivity contribution >= 4 is 0 Å². The minimum absolute atomic E-state index is 0. The summed E-state index contributed by atoms with van der Waals surface area (Å²) in [6, 6.07) is 14.2. The Morgan fingerprint density at radius 3 is 1.50 bits per heavy atom. The van der Waals surface area contributed by atoms with Crippen LogP contribution in [-0.4, -0.2) is 10.2 Å². The maximum Gasteiger partial charge on any atom is 1.00 e. The summed E-state index contributed by atoms with van der Waals surface area (Å²) < 4.78 is 0. The van der Waals surface area contributed by atoms with E-state index in [0.29, 0.717) is 0 Å². The maximum atomic E-state index is 10.3. The van der Waals surface area contributed by atoms with E-state index in [1.165, 1.54) is 30.3 Å². The van der Waals surface area contributed by atoms with Crippen LogP contribution in [0.1, 0.15) is 0 Å². The smallest absolute Gasteiger partial charge is 0.872 e. The van der Waals surface area contributed by atoms with Crippen molar-refractivity contribution in [3.05, 3.63) is 54.6 Å². The van der Waals surface area contributed by atoms with Crippen LogP contribution in [0.5, 0.6) is 17.2 Å². The number of aromatic hydroxyl groups is 2. The van der Waals surface area contributed by atoms with Gasteiger partial charge in [0, 0.05) is 6.07 Å². The molecule has 0 aromatic heterocycles. The molecule has 0 unspecified atom stereocenters. The fraction of sp³-hybridized carbons (Fsp3) is 0. The van der Waals surface area contributed by atoms with E-state index >= 15 is 0 Å². The van der Waals surface area contributed by atoms with Gasteiger partial charge in [-0.3, -0.25) is 0 Å². The van der Waals surface area contributed by atoms with E-state index in [1.54, 1.807) is 18.2 Å². The molecule has 0 heterocycles. The van der Waals surface area contributed by atoms with Crippen LogP contribution in [0.25, 0.3) is 0 Å². The topological polar surface area (TPSA) is 63.5 Å². The first kappa shape index (κ1) is 14.8. The van der Waals surface area contributed by atoms with Crippen molar-refractivity contribution in [2.75, 3.05) is 0 Å². The Hall–Kier alpha value is -1.16. The Labute approximate surface area is 116 Å². The first-order valence-corrected chi connectivity index (χ1v) is 4.38. The Morgan fingerprint density at radius 1 is 0.750 bits per heavy atom. The van der Waals surface area contributed by atoms with Crippen LogP contribution >= 0.6 is 0 Å². The van der Waals surface area contributed by atoms with Gasteiger partial charge in [0.25, 0.3) is 0 Å². The molecule has 3 nitrogen and oxygen atoms in total. The summed E-state index contributed by atoms with van der Waals surface area (Å²) in [6.07, 6.45) is 0. The number of benzene rings is 2. The van der Waals surface area contributed by atoms with E-state index in [2.05, 4.69) is 0 Å². The summed E-state index contributed by atoms with van der Waals surface area (Å²) in [7, 11) is 0. The largest absolute Gasteiger partial charge is 1.00 e. The van der Waals surface area contributed by atoms with Gasteiger partial charge < -0.3 is 15.3 Å². The fourth-order valence-corrected chi connectivity index (χ4v) is 0.914. The van der Waals surface area contributed by atoms with Crippen molar-refractivity contribution in [2.24, 2.45) is 0 Å². The normalized spacial score (nSPS) is 8.25. The number of rotatable bonds is 0. The molecular formula is C12H11NaO3. The minimum atomic E-state index is 0. The molecule has 2 rings (SSSR count). The minimum Gasteiger partial charge on any atom is -0.872 e. The molecule has 2 aromatic rings. The molecule has 0 amide bonds. The predicted octanol–water partition coefficient (Wildman–Crippen LogP) is -1.14. The van der Waals surface area contributed by atoms with Gasteiger partial charge in [0.05, 0.1) is 0 Å². The third-order valence-corrected chi connectivity index (χ3v) is 1.57. The number of hydrogen-bond donors (Lipinski definition) is 2. The van der Waals surface area contributed by atoms with Crippen LogP contribution in [0, 0.1) is 0 Å². The summed E-state index contributed by atoms with van der Waals surface area (Å²) in [6.45, 7) is 0. The van der Waals surface area contributed by atoms with E-state index in [-0.39, 0.29) is 46.8 Å². The molecular weight excluding hydrogens is 215 g/mol. The van der Waals surface area contributed by atoms with E-state index < -0.39 is 0 Å². The van der Waals surface area contributed by atoms with Gasteiger partial charge >= 0.3 is 29.6 Å². The molecule has 0 spiro atoms. The van der Waals surface area contributed by atoms with E-state index in [9.17, 15) is 5.11 Å². The number of hydrogen-bond acceptors (Lipinski definition) is 3. The summed E-state index contributed by atoms with van der Waals surface area (Å²) >= 11 is 0. The molecule has 0 fully saturated rings. The molecule has 0 aliphatic rings. The van der Waals surface area contributed by atoms with Crippen LogP contribution in [0.15, 0.2) is 54.6 Å². The van der Waals surface area contributed by atoms with Gasteiger partial charge in [0.1, 0.15) is 11.5 Å². The van der Waals surface area contributed by atoms with Crippen molar-refractivity contribution in [1.29, 1.82) is 0 Å².